The highest BCUT2D eigenvalue weighted by molar-refractivity contribution is 6.40. The summed E-state index contributed by atoms with van der Waals surface area (Å²) in [4.78, 5) is 25.3. The number of aromatic nitrogens is 2. The van der Waals surface area contributed by atoms with Crippen LogP contribution in [-0.4, -0.2) is 40.3 Å². The molecule has 1 saturated carbocycles. The van der Waals surface area contributed by atoms with Gasteiger partial charge >= 0.3 is 0 Å². The maximum absolute atomic E-state index is 12.7. The lowest BCUT2D eigenvalue weighted by atomic mass is 9.92. The smallest absolute Gasteiger partial charge is 0.274 e. The first-order valence-electron chi connectivity index (χ1n) is 9.60. The number of hydrogen-bond acceptors (Lipinski definition) is 4. The molecule has 0 aliphatic heterocycles. The van der Waals surface area contributed by atoms with E-state index in [1.54, 1.807) is 18.2 Å². The Bertz CT molecular complexity index is 856. The first-order valence-corrected chi connectivity index (χ1v) is 10.4. The van der Waals surface area contributed by atoms with Crippen LogP contribution in [0.15, 0.2) is 24.4 Å². The van der Waals surface area contributed by atoms with Gasteiger partial charge in [0.15, 0.2) is 5.69 Å². The molecular formula is C20H24Cl2N4O3. The molecule has 1 aromatic heterocycles. The Morgan fingerprint density at radius 2 is 1.79 bits per heavy atom. The van der Waals surface area contributed by atoms with Crippen molar-refractivity contribution in [1.82, 2.24) is 15.5 Å². The molecule has 0 unspecified atom stereocenters. The summed E-state index contributed by atoms with van der Waals surface area (Å²) in [6.45, 7) is 4.05. The van der Waals surface area contributed by atoms with E-state index in [9.17, 15) is 9.59 Å². The number of benzene rings is 1. The summed E-state index contributed by atoms with van der Waals surface area (Å²) in [6, 6.07) is 4.85. The van der Waals surface area contributed by atoms with Gasteiger partial charge in [-0.2, -0.15) is 5.10 Å². The van der Waals surface area contributed by atoms with Gasteiger partial charge in [0.2, 0.25) is 0 Å². The molecule has 1 fully saturated rings. The molecule has 0 spiro atoms. The van der Waals surface area contributed by atoms with E-state index in [4.69, 9.17) is 27.9 Å². The summed E-state index contributed by atoms with van der Waals surface area (Å²) >= 11 is 12.2. The summed E-state index contributed by atoms with van der Waals surface area (Å²) < 4.78 is 5.84. The number of ether oxygens (including phenoxy) is 1. The Kier molecular flexibility index (Phi) is 7.16. The average Bonchev–Trinajstić information content (AvgIpc) is 3.11. The number of halogens is 2. The molecule has 0 saturated heterocycles. The first-order chi connectivity index (χ1) is 13.8. The van der Waals surface area contributed by atoms with Crippen LogP contribution < -0.4 is 10.6 Å². The van der Waals surface area contributed by atoms with Gasteiger partial charge in [0, 0.05) is 12.2 Å². The van der Waals surface area contributed by atoms with Gasteiger partial charge < -0.3 is 15.4 Å². The number of H-pyrrole nitrogens is 1. The molecule has 2 amide bonds. The fraction of sp³-hybridized carbons (Fsp3) is 0.450. The van der Waals surface area contributed by atoms with Crippen molar-refractivity contribution in [3.63, 3.8) is 0 Å². The Hall–Kier alpha value is -2.09. The number of nitrogens with one attached hydrogen (secondary N) is 3. The quantitative estimate of drug-likeness (QED) is 0.620. The van der Waals surface area contributed by atoms with Gasteiger partial charge in [0.1, 0.15) is 0 Å². The highest BCUT2D eigenvalue weighted by Crippen LogP contribution is 2.26. The number of nitrogens with zero attached hydrogens (tertiary/aromatic N) is 1. The van der Waals surface area contributed by atoms with Gasteiger partial charge in [-0.1, -0.05) is 29.3 Å². The van der Waals surface area contributed by atoms with Crippen molar-refractivity contribution in [2.24, 2.45) is 0 Å². The molecule has 2 aromatic rings. The number of carbonyl (C=O) groups is 2. The molecule has 156 valence electrons. The molecule has 1 heterocycles. The Balaban J connectivity index is 1.61. The number of carbonyl (C=O) groups excluding carboxylic acids is 2. The zero-order valence-electron chi connectivity index (χ0n) is 16.3. The summed E-state index contributed by atoms with van der Waals surface area (Å²) in [5, 5.41) is 12.7. The van der Waals surface area contributed by atoms with E-state index in [2.05, 4.69) is 20.8 Å². The Morgan fingerprint density at radius 3 is 2.41 bits per heavy atom. The number of rotatable bonds is 6. The predicted octanol–water partition coefficient (Wildman–Crippen LogP) is 4.43. The van der Waals surface area contributed by atoms with Crippen molar-refractivity contribution in [1.29, 1.82) is 0 Å². The summed E-state index contributed by atoms with van der Waals surface area (Å²) in [5.74, 6) is -0.859. The van der Waals surface area contributed by atoms with Gasteiger partial charge in [0.05, 0.1) is 33.5 Å². The average molecular weight is 439 g/mol. The van der Waals surface area contributed by atoms with Crippen LogP contribution in [0.25, 0.3) is 0 Å². The fourth-order valence-electron chi connectivity index (χ4n) is 3.44. The predicted molar refractivity (Wildman–Crippen MR) is 113 cm³/mol. The first kappa shape index (κ1) is 21.6. The largest absolute Gasteiger partial charge is 0.376 e. The van der Waals surface area contributed by atoms with Crippen molar-refractivity contribution < 1.29 is 14.3 Å². The maximum atomic E-state index is 12.7. The second-order valence-electron chi connectivity index (χ2n) is 7.33. The number of anilines is 1. The summed E-state index contributed by atoms with van der Waals surface area (Å²) in [6.07, 6.45) is 5.37. The molecule has 3 rings (SSSR count). The molecule has 0 atom stereocenters. The van der Waals surface area contributed by atoms with E-state index in [-0.39, 0.29) is 51.1 Å². The molecule has 1 aliphatic rings. The van der Waals surface area contributed by atoms with Crippen molar-refractivity contribution >= 4 is 40.7 Å². The van der Waals surface area contributed by atoms with E-state index >= 15 is 0 Å². The molecule has 0 bridgehead atoms. The standard InChI is InChI=1S/C20H24Cl2N4O3/c1-11(2)29-13-8-6-12(7-9-13)24-20(28)18-16(10-23-26-18)25-19(27)17-14(21)4-3-5-15(17)22/h3-5,10-13H,6-9H2,1-2H3,(H,23,26)(H,24,28)(H,25,27)/t12-,13-. The van der Waals surface area contributed by atoms with Crippen LogP contribution in [0, 0.1) is 0 Å². The van der Waals surface area contributed by atoms with Crippen LogP contribution in [0.1, 0.15) is 60.4 Å². The molecular weight excluding hydrogens is 415 g/mol. The third-order valence-corrected chi connectivity index (χ3v) is 5.40. The normalized spacial score (nSPS) is 19.2. The number of hydrogen-bond donors (Lipinski definition) is 3. The van der Waals surface area contributed by atoms with Gasteiger partial charge in [-0.05, 0) is 51.7 Å². The molecule has 1 aliphatic carbocycles. The third-order valence-electron chi connectivity index (χ3n) is 4.77. The fourth-order valence-corrected chi connectivity index (χ4v) is 4.01. The molecule has 1 aromatic carbocycles. The van der Waals surface area contributed by atoms with Crippen LogP contribution in [-0.2, 0) is 4.74 Å². The lowest BCUT2D eigenvalue weighted by Crippen LogP contribution is -2.40. The van der Waals surface area contributed by atoms with Crippen LogP contribution in [0.3, 0.4) is 0 Å². The van der Waals surface area contributed by atoms with Crippen molar-refractivity contribution in [3.8, 4) is 0 Å². The van der Waals surface area contributed by atoms with Gasteiger partial charge in [-0.25, -0.2) is 0 Å². The zero-order chi connectivity index (χ0) is 21.0. The van der Waals surface area contributed by atoms with Gasteiger partial charge in [-0.3, -0.25) is 14.7 Å². The SMILES string of the molecule is CC(C)O[C@H]1CC[C@H](NC(=O)c2n[nH]cc2NC(=O)c2c(Cl)cccc2Cl)CC1. The minimum atomic E-state index is -0.512. The van der Waals surface area contributed by atoms with Crippen molar-refractivity contribution in [2.75, 3.05) is 5.32 Å². The van der Waals surface area contributed by atoms with E-state index in [0.717, 1.165) is 25.7 Å². The number of aromatic amines is 1. The maximum Gasteiger partial charge on any atom is 0.274 e. The van der Waals surface area contributed by atoms with Crippen molar-refractivity contribution in [2.45, 2.75) is 57.8 Å². The highest BCUT2D eigenvalue weighted by atomic mass is 35.5. The van der Waals surface area contributed by atoms with E-state index in [0.29, 0.717) is 0 Å². The molecule has 3 N–H and O–H groups in total. The lowest BCUT2D eigenvalue weighted by Gasteiger charge is -2.30. The van der Waals surface area contributed by atoms with Crippen LogP contribution in [0.4, 0.5) is 5.69 Å². The van der Waals surface area contributed by atoms with E-state index in [1.807, 2.05) is 13.8 Å². The van der Waals surface area contributed by atoms with Crippen LogP contribution in [0.2, 0.25) is 10.0 Å². The third kappa shape index (κ3) is 5.50. The zero-order valence-corrected chi connectivity index (χ0v) is 17.8. The Morgan fingerprint density at radius 1 is 1.14 bits per heavy atom. The lowest BCUT2D eigenvalue weighted by molar-refractivity contribution is -0.0159. The number of amides is 2. The molecule has 9 heteroatoms. The summed E-state index contributed by atoms with van der Waals surface area (Å²) in [5.41, 5.74) is 0.522. The minimum Gasteiger partial charge on any atom is -0.376 e. The van der Waals surface area contributed by atoms with Gasteiger partial charge in [0.25, 0.3) is 11.8 Å². The van der Waals surface area contributed by atoms with Crippen molar-refractivity contribution in [3.05, 3.63) is 45.7 Å². The second kappa shape index (κ2) is 9.61. The van der Waals surface area contributed by atoms with Gasteiger partial charge in [-0.15, -0.1) is 0 Å². The minimum absolute atomic E-state index is 0.0489. The molecule has 7 nitrogen and oxygen atoms in total. The molecule has 0 radical (unpaired) electrons. The summed E-state index contributed by atoms with van der Waals surface area (Å²) in [7, 11) is 0. The van der Waals surface area contributed by atoms with Crippen LogP contribution >= 0.6 is 23.2 Å². The topological polar surface area (TPSA) is 96.1 Å². The monoisotopic (exact) mass is 438 g/mol. The highest BCUT2D eigenvalue weighted by Gasteiger charge is 2.26. The van der Waals surface area contributed by atoms with E-state index < -0.39 is 5.91 Å². The Labute approximate surface area is 179 Å². The van der Waals surface area contributed by atoms with Crippen LogP contribution in [0.5, 0.6) is 0 Å². The molecule has 29 heavy (non-hydrogen) atoms. The second-order valence-corrected chi connectivity index (χ2v) is 8.14. The van der Waals surface area contributed by atoms with E-state index in [1.165, 1.54) is 6.20 Å².